The van der Waals surface area contributed by atoms with Gasteiger partial charge in [0.25, 0.3) is 0 Å². The van der Waals surface area contributed by atoms with E-state index in [2.05, 4.69) is 25.7 Å². The van der Waals surface area contributed by atoms with E-state index in [1.165, 1.54) is 0 Å². The molecule has 1 heterocycles. The minimum atomic E-state index is -1.19. The van der Waals surface area contributed by atoms with Gasteiger partial charge in [0.15, 0.2) is 5.78 Å². The minimum absolute atomic E-state index is 0.0826. The first-order valence-corrected chi connectivity index (χ1v) is 5.94. The summed E-state index contributed by atoms with van der Waals surface area (Å²) in [6.07, 6.45) is 0.381. The van der Waals surface area contributed by atoms with Crippen LogP contribution in [0.2, 0.25) is 0 Å². The smallest absolute Gasteiger partial charge is 0.166 e. The second kappa shape index (κ2) is 5.25. The summed E-state index contributed by atoms with van der Waals surface area (Å²) < 4.78 is 0. The predicted octanol–water partition coefficient (Wildman–Crippen LogP) is 0.419. The van der Waals surface area contributed by atoms with Crippen molar-refractivity contribution in [2.75, 3.05) is 19.7 Å². The lowest BCUT2D eigenvalue weighted by molar-refractivity contribution is -0.135. The Morgan fingerprint density at radius 2 is 1.88 bits per heavy atom. The van der Waals surface area contributed by atoms with Crippen molar-refractivity contribution in [3.05, 3.63) is 0 Å². The van der Waals surface area contributed by atoms with Gasteiger partial charge in [0.1, 0.15) is 6.10 Å². The van der Waals surface area contributed by atoms with E-state index in [4.69, 9.17) is 5.11 Å². The van der Waals surface area contributed by atoms with Crippen LogP contribution in [0.25, 0.3) is 0 Å². The first-order chi connectivity index (χ1) is 7.36. The third kappa shape index (κ3) is 3.27. The maximum atomic E-state index is 11.7. The second-order valence-corrected chi connectivity index (χ2v) is 5.53. The molecule has 0 saturated carbocycles. The van der Waals surface area contributed by atoms with Crippen LogP contribution in [0.3, 0.4) is 0 Å². The first kappa shape index (κ1) is 13.6. The lowest BCUT2D eigenvalue weighted by Crippen LogP contribution is -2.48. The molecule has 0 aliphatic carbocycles. The Morgan fingerprint density at radius 3 is 2.25 bits per heavy atom. The predicted molar refractivity (Wildman–Crippen MR) is 62.1 cm³/mol. The molecule has 1 rings (SSSR count). The van der Waals surface area contributed by atoms with E-state index < -0.39 is 12.7 Å². The van der Waals surface area contributed by atoms with Gasteiger partial charge in [0.05, 0.1) is 6.61 Å². The van der Waals surface area contributed by atoms with Gasteiger partial charge in [-0.25, -0.2) is 0 Å². The standard InChI is InChI=1S/C12H23NO3/c1-12(2,3)13-6-4-9(5-7-13)11(16)10(15)8-14/h9-10,14-15H,4-8H2,1-3H3. The number of carbonyl (C=O) groups is 1. The zero-order valence-electron chi connectivity index (χ0n) is 10.4. The van der Waals surface area contributed by atoms with Crippen molar-refractivity contribution in [2.24, 2.45) is 5.92 Å². The molecule has 2 N–H and O–H groups in total. The highest BCUT2D eigenvalue weighted by Gasteiger charge is 2.32. The van der Waals surface area contributed by atoms with E-state index in [9.17, 15) is 9.90 Å². The zero-order valence-corrected chi connectivity index (χ0v) is 10.4. The van der Waals surface area contributed by atoms with Gasteiger partial charge in [0, 0.05) is 11.5 Å². The number of nitrogens with zero attached hydrogens (tertiary/aromatic N) is 1. The summed E-state index contributed by atoms with van der Waals surface area (Å²) in [6, 6.07) is 0. The molecular weight excluding hydrogens is 206 g/mol. The Bertz CT molecular complexity index is 239. The third-order valence-electron chi connectivity index (χ3n) is 3.35. The largest absolute Gasteiger partial charge is 0.393 e. The van der Waals surface area contributed by atoms with Gasteiger partial charge in [-0.1, -0.05) is 0 Å². The normalized spacial score (nSPS) is 22.1. The fourth-order valence-electron chi connectivity index (χ4n) is 2.20. The number of ketones is 1. The minimum Gasteiger partial charge on any atom is -0.393 e. The van der Waals surface area contributed by atoms with Crippen LogP contribution in [0.15, 0.2) is 0 Å². The number of aliphatic hydroxyl groups excluding tert-OH is 2. The summed E-state index contributed by atoms with van der Waals surface area (Å²) in [5.41, 5.74) is 0.142. The molecule has 16 heavy (non-hydrogen) atoms. The van der Waals surface area contributed by atoms with E-state index in [1.807, 2.05) is 0 Å². The molecule has 0 aromatic rings. The maximum absolute atomic E-state index is 11.7. The molecule has 1 saturated heterocycles. The molecule has 0 spiro atoms. The topological polar surface area (TPSA) is 60.8 Å². The number of piperidine rings is 1. The molecule has 1 atom stereocenters. The van der Waals surface area contributed by atoms with Gasteiger partial charge < -0.3 is 10.2 Å². The van der Waals surface area contributed by atoms with E-state index in [0.29, 0.717) is 0 Å². The van der Waals surface area contributed by atoms with Gasteiger partial charge in [-0.3, -0.25) is 9.69 Å². The van der Waals surface area contributed by atoms with Gasteiger partial charge in [-0.2, -0.15) is 0 Å². The van der Waals surface area contributed by atoms with Crippen LogP contribution in [0, 0.1) is 5.92 Å². The molecule has 1 fully saturated rings. The fraction of sp³-hybridized carbons (Fsp3) is 0.917. The average molecular weight is 229 g/mol. The Balaban J connectivity index is 2.46. The first-order valence-electron chi connectivity index (χ1n) is 5.94. The Kier molecular flexibility index (Phi) is 4.47. The van der Waals surface area contributed by atoms with Crippen molar-refractivity contribution in [2.45, 2.75) is 45.3 Å². The lowest BCUT2D eigenvalue weighted by atomic mass is 9.88. The summed E-state index contributed by atoms with van der Waals surface area (Å²) >= 11 is 0. The summed E-state index contributed by atoms with van der Waals surface area (Å²) in [5.74, 6) is -0.281. The summed E-state index contributed by atoms with van der Waals surface area (Å²) in [5, 5.41) is 18.0. The number of aliphatic hydroxyl groups is 2. The van der Waals surface area contributed by atoms with Crippen molar-refractivity contribution in [1.82, 2.24) is 4.90 Å². The molecule has 0 bridgehead atoms. The highest BCUT2D eigenvalue weighted by Crippen LogP contribution is 2.24. The van der Waals surface area contributed by atoms with Gasteiger partial charge >= 0.3 is 0 Å². The molecule has 1 aliphatic heterocycles. The van der Waals surface area contributed by atoms with E-state index in [-0.39, 0.29) is 17.2 Å². The van der Waals surface area contributed by atoms with E-state index in [0.717, 1.165) is 25.9 Å². The number of rotatable bonds is 3. The van der Waals surface area contributed by atoms with Crippen LogP contribution in [0.5, 0.6) is 0 Å². The molecule has 94 valence electrons. The van der Waals surface area contributed by atoms with Crippen molar-refractivity contribution in [3.63, 3.8) is 0 Å². The van der Waals surface area contributed by atoms with E-state index >= 15 is 0 Å². The number of hydrogen-bond acceptors (Lipinski definition) is 4. The molecule has 0 aromatic carbocycles. The summed E-state index contributed by atoms with van der Waals surface area (Å²) in [4.78, 5) is 14.0. The Hall–Kier alpha value is -0.450. The van der Waals surface area contributed by atoms with Crippen LogP contribution in [-0.2, 0) is 4.79 Å². The number of Topliss-reactive ketones (excluding diaryl/α,β-unsaturated/α-hetero) is 1. The second-order valence-electron chi connectivity index (χ2n) is 5.53. The molecule has 0 aromatic heterocycles. The molecule has 0 amide bonds. The summed E-state index contributed by atoms with van der Waals surface area (Å²) in [6.45, 7) is 7.81. The number of carbonyl (C=O) groups excluding carboxylic acids is 1. The Morgan fingerprint density at radius 1 is 1.38 bits per heavy atom. The lowest BCUT2D eigenvalue weighted by Gasteiger charge is -2.40. The highest BCUT2D eigenvalue weighted by atomic mass is 16.3. The van der Waals surface area contributed by atoms with Gasteiger partial charge in [-0.05, 0) is 46.7 Å². The third-order valence-corrected chi connectivity index (χ3v) is 3.35. The SMILES string of the molecule is CC(C)(C)N1CCC(C(=O)C(O)CO)CC1. The van der Waals surface area contributed by atoms with Gasteiger partial charge in [0.2, 0.25) is 0 Å². The van der Waals surface area contributed by atoms with Crippen LogP contribution in [0.1, 0.15) is 33.6 Å². The zero-order chi connectivity index (χ0) is 12.3. The van der Waals surface area contributed by atoms with Crippen LogP contribution in [-0.4, -0.2) is 52.2 Å². The van der Waals surface area contributed by atoms with Gasteiger partial charge in [-0.15, -0.1) is 0 Å². The molecule has 1 unspecified atom stereocenters. The summed E-state index contributed by atoms with van der Waals surface area (Å²) in [7, 11) is 0. The highest BCUT2D eigenvalue weighted by molar-refractivity contribution is 5.85. The molecular formula is C12H23NO3. The van der Waals surface area contributed by atoms with Crippen LogP contribution < -0.4 is 0 Å². The monoisotopic (exact) mass is 229 g/mol. The quantitative estimate of drug-likeness (QED) is 0.736. The Labute approximate surface area is 97.3 Å². The number of hydrogen-bond donors (Lipinski definition) is 2. The van der Waals surface area contributed by atoms with Crippen molar-refractivity contribution in [3.8, 4) is 0 Å². The van der Waals surface area contributed by atoms with Crippen molar-refractivity contribution in [1.29, 1.82) is 0 Å². The molecule has 4 heteroatoms. The van der Waals surface area contributed by atoms with E-state index in [1.54, 1.807) is 0 Å². The number of likely N-dealkylation sites (tertiary alicyclic amines) is 1. The fourth-order valence-corrected chi connectivity index (χ4v) is 2.20. The maximum Gasteiger partial charge on any atom is 0.166 e. The molecule has 0 radical (unpaired) electrons. The van der Waals surface area contributed by atoms with Crippen molar-refractivity contribution < 1.29 is 15.0 Å². The average Bonchev–Trinajstić information content (AvgIpc) is 2.26. The molecule has 4 nitrogen and oxygen atoms in total. The van der Waals surface area contributed by atoms with Crippen LogP contribution in [0.4, 0.5) is 0 Å². The molecule has 1 aliphatic rings. The van der Waals surface area contributed by atoms with Crippen molar-refractivity contribution >= 4 is 5.78 Å². The van der Waals surface area contributed by atoms with Crippen LogP contribution >= 0.6 is 0 Å².